The Morgan fingerprint density at radius 1 is 1.33 bits per heavy atom. The Morgan fingerprint density at radius 3 is 2.90 bits per heavy atom. The van der Waals surface area contributed by atoms with Crippen LogP contribution in [0.25, 0.3) is 0 Å². The molecular formula is C17H28N2O2. The van der Waals surface area contributed by atoms with E-state index in [0.29, 0.717) is 6.04 Å². The molecule has 0 saturated heterocycles. The van der Waals surface area contributed by atoms with E-state index in [2.05, 4.69) is 11.8 Å². The smallest absolute Gasteiger partial charge is 0.126 e. The average molecular weight is 292 g/mol. The van der Waals surface area contributed by atoms with E-state index in [1.54, 1.807) is 7.11 Å². The quantitative estimate of drug-likeness (QED) is 0.748. The lowest BCUT2D eigenvalue weighted by Crippen LogP contribution is -2.44. The third kappa shape index (κ3) is 4.11. The van der Waals surface area contributed by atoms with E-state index >= 15 is 0 Å². The lowest BCUT2D eigenvalue weighted by atomic mass is 10.00. The standard InChI is InChI=1S/C17H28N2O2/c1-3-10-19(11-5-4-9-18)14-12-15-16(20-2)7-6-8-17(15)21-13-14/h6-8,14H,3-5,9-13,18H2,1-2H3/t14-/m1/s1. The van der Waals surface area contributed by atoms with Crippen LogP contribution in [0.1, 0.15) is 31.7 Å². The van der Waals surface area contributed by atoms with E-state index < -0.39 is 0 Å². The van der Waals surface area contributed by atoms with Gasteiger partial charge in [0.15, 0.2) is 0 Å². The first-order valence-electron chi connectivity index (χ1n) is 8.03. The highest BCUT2D eigenvalue weighted by molar-refractivity contribution is 5.46. The number of unbranched alkanes of at least 4 members (excludes halogenated alkanes) is 1. The normalized spacial score (nSPS) is 17.4. The molecule has 0 amide bonds. The first kappa shape index (κ1) is 16.1. The average Bonchev–Trinajstić information content (AvgIpc) is 2.53. The SMILES string of the molecule is CCCN(CCCCN)[C@H]1COc2cccc(OC)c2C1. The zero-order valence-corrected chi connectivity index (χ0v) is 13.3. The number of hydrogen-bond donors (Lipinski definition) is 1. The van der Waals surface area contributed by atoms with Crippen molar-refractivity contribution in [3.63, 3.8) is 0 Å². The van der Waals surface area contributed by atoms with Gasteiger partial charge in [-0.05, 0) is 57.5 Å². The highest BCUT2D eigenvalue weighted by Gasteiger charge is 2.26. The van der Waals surface area contributed by atoms with Gasteiger partial charge in [-0.3, -0.25) is 4.90 Å². The number of nitrogens with zero attached hydrogens (tertiary/aromatic N) is 1. The maximum atomic E-state index is 5.97. The van der Waals surface area contributed by atoms with Crippen LogP contribution in [-0.4, -0.2) is 44.3 Å². The number of fused-ring (bicyclic) bond motifs is 1. The molecule has 0 fully saturated rings. The fourth-order valence-electron chi connectivity index (χ4n) is 3.01. The van der Waals surface area contributed by atoms with Gasteiger partial charge in [-0.2, -0.15) is 0 Å². The number of rotatable bonds is 8. The third-order valence-corrected chi connectivity index (χ3v) is 4.11. The van der Waals surface area contributed by atoms with Gasteiger partial charge in [-0.15, -0.1) is 0 Å². The minimum absolute atomic E-state index is 0.437. The summed E-state index contributed by atoms with van der Waals surface area (Å²) in [6, 6.07) is 6.48. The van der Waals surface area contributed by atoms with E-state index in [9.17, 15) is 0 Å². The zero-order chi connectivity index (χ0) is 15.1. The summed E-state index contributed by atoms with van der Waals surface area (Å²) in [5.74, 6) is 1.92. The van der Waals surface area contributed by atoms with Gasteiger partial charge in [0.2, 0.25) is 0 Å². The van der Waals surface area contributed by atoms with Gasteiger partial charge in [-0.1, -0.05) is 13.0 Å². The van der Waals surface area contributed by atoms with Gasteiger partial charge in [-0.25, -0.2) is 0 Å². The molecule has 0 aliphatic carbocycles. The molecule has 4 heteroatoms. The Bertz CT molecular complexity index is 423. The molecule has 1 aromatic carbocycles. The molecule has 4 nitrogen and oxygen atoms in total. The van der Waals surface area contributed by atoms with Crippen molar-refractivity contribution in [2.24, 2.45) is 5.73 Å². The fourth-order valence-corrected chi connectivity index (χ4v) is 3.01. The lowest BCUT2D eigenvalue weighted by molar-refractivity contribution is 0.116. The van der Waals surface area contributed by atoms with Crippen molar-refractivity contribution in [1.29, 1.82) is 0 Å². The lowest BCUT2D eigenvalue weighted by Gasteiger charge is -2.35. The molecule has 21 heavy (non-hydrogen) atoms. The Balaban J connectivity index is 2.06. The molecule has 1 atom stereocenters. The molecule has 0 saturated carbocycles. The van der Waals surface area contributed by atoms with E-state index in [1.165, 1.54) is 5.56 Å². The summed E-state index contributed by atoms with van der Waals surface area (Å²) in [4.78, 5) is 2.55. The number of methoxy groups -OCH3 is 1. The first-order valence-corrected chi connectivity index (χ1v) is 8.03. The minimum atomic E-state index is 0.437. The molecular weight excluding hydrogens is 264 g/mol. The first-order chi connectivity index (χ1) is 10.3. The Morgan fingerprint density at radius 2 is 2.19 bits per heavy atom. The highest BCUT2D eigenvalue weighted by Crippen LogP contribution is 2.33. The summed E-state index contributed by atoms with van der Waals surface area (Å²) in [5, 5.41) is 0. The summed E-state index contributed by atoms with van der Waals surface area (Å²) < 4.78 is 11.4. The number of nitrogens with two attached hydrogens (primary N) is 1. The van der Waals surface area contributed by atoms with Gasteiger partial charge in [0.1, 0.15) is 18.1 Å². The van der Waals surface area contributed by atoms with E-state index in [-0.39, 0.29) is 0 Å². The second kappa shape index (κ2) is 8.25. The molecule has 1 aliphatic rings. The van der Waals surface area contributed by atoms with Crippen molar-refractivity contribution in [1.82, 2.24) is 4.90 Å². The molecule has 118 valence electrons. The van der Waals surface area contributed by atoms with Crippen LogP contribution in [0.4, 0.5) is 0 Å². The molecule has 1 aliphatic heterocycles. The van der Waals surface area contributed by atoms with Gasteiger partial charge in [0, 0.05) is 11.6 Å². The van der Waals surface area contributed by atoms with Crippen molar-refractivity contribution < 1.29 is 9.47 Å². The van der Waals surface area contributed by atoms with E-state index in [0.717, 1.165) is 63.4 Å². The second-order valence-electron chi connectivity index (χ2n) is 5.64. The molecule has 2 N–H and O–H groups in total. The van der Waals surface area contributed by atoms with Gasteiger partial charge in [0.05, 0.1) is 7.11 Å². The minimum Gasteiger partial charge on any atom is -0.496 e. The zero-order valence-electron chi connectivity index (χ0n) is 13.3. The second-order valence-corrected chi connectivity index (χ2v) is 5.64. The molecule has 2 rings (SSSR count). The topological polar surface area (TPSA) is 47.7 Å². The van der Waals surface area contributed by atoms with Crippen molar-refractivity contribution in [3.05, 3.63) is 23.8 Å². The highest BCUT2D eigenvalue weighted by atomic mass is 16.5. The Hall–Kier alpha value is -1.26. The predicted molar refractivity (Wildman–Crippen MR) is 86.1 cm³/mol. The summed E-state index contributed by atoms with van der Waals surface area (Å²) in [6.45, 7) is 5.99. The summed E-state index contributed by atoms with van der Waals surface area (Å²) in [5.41, 5.74) is 6.81. The van der Waals surface area contributed by atoms with E-state index in [4.69, 9.17) is 15.2 Å². The molecule has 0 spiro atoms. The summed E-state index contributed by atoms with van der Waals surface area (Å²) >= 11 is 0. The number of ether oxygens (including phenoxy) is 2. The van der Waals surface area contributed by atoms with Crippen LogP contribution in [0.5, 0.6) is 11.5 Å². The number of hydrogen-bond acceptors (Lipinski definition) is 4. The van der Waals surface area contributed by atoms with Crippen LogP contribution in [-0.2, 0) is 6.42 Å². The molecule has 0 unspecified atom stereocenters. The predicted octanol–water partition coefficient (Wildman–Crippen LogP) is 2.45. The van der Waals surface area contributed by atoms with Crippen molar-refractivity contribution in [2.75, 3.05) is 33.4 Å². The molecule has 0 aromatic heterocycles. The van der Waals surface area contributed by atoms with Crippen LogP contribution in [0.15, 0.2) is 18.2 Å². The third-order valence-electron chi connectivity index (χ3n) is 4.11. The molecule has 0 radical (unpaired) electrons. The number of benzene rings is 1. The van der Waals surface area contributed by atoms with Crippen LogP contribution in [0.3, 0.4) is 0 Å². The van der Waals surface area contributed by atoms with E-state index in [1.807, 2.05) is 18.2 Å². The van der Waals surface area contributed by atoms with Crippen LogP contribution >= 0.6 is 0 Å². The molecule has 1 heterocycles. The maximum absolute atomic E-state index is 5.97. The Kier molecular flexibility index (Phi) is 6.33. The van der Waals surface area contributed by atoms with Crippen molar-refractivity contribution in [2.45, 2.75) is 38.6 Å². The monoisotopic (exact) mass is 292 g/mol. The van der Waals surface area contributed by atoms with Gasteiger partial charge < -0.3 is 15.2 Å². The van der Waals surface area contributed by atoms with Crippen LogP contribution in [0, 0.1) is 0 Å². The summed E-state index contributed by atoms with van der Waals surface area (Å²) in [7, 11) is 1.73. The van der Waals surface area contributed by atoms with Crippen molar-refractivity contribution in [3.8, 4) is 11.5 Å². The molecule has 1 aromatic rings. The van der Waals surface area contributed by atoms with Gasteiger partial charge in [0.25, 0.3) is 0 Å². The largest absolute Gasteiger partial charge is 0.496 e. The Labute approximate surface area is 128 Å². The summed E-state index contributed by atoms with van der Waals surface area (Å²) in [6.07, 6.45) is 4.42. The molecule has 0 bridgehead atoms. The van der Waals surface area contributed by atoms with Crippen LogP contribution in [0.2, 0.25) is 0 Å². The van der Waals surface area contributed by atoms with Crippen LogP contribution < -0.4 is 15.2 Å². The van der Waals surface area contributed by atoms with Crippen molar-refractivity contribution >= 4 is 0 Å². The maximum Gasteiger partial charge on any atom is 0.126 e. The fraction of sp³-hybridized carbons (Fsp3) is 0.647. The van der Waals surface area contributed by atoms with Gasteiger partial charge >= 0.3 is 0 Å².